The summed E-state index contributed by atoms with van der Waals surface area (Å²) >= 11 is 1.78. The highest BCUT2D eigenvalue weighted by molar-refractivity contribution is 7.10. The molecule has 0 saturated heterocycles. The average molecular weight is 206 g/mol. The lowest BCUT2D eigenvalue weighted by Gasteiger charge is -2.07. The number of thiophene rings is 1. The lowest BCUT2D eigenvalue weighted by molar-refractivity contribution is 0.743. The molecule has 2 rings (SSSR count). The van der Waals surface area contributed by atoms with Crippen molar-refractivity contribution < 1.29 is 0 Å². The molecule has 0 aliphatic heterocycles. The highest BCUT2D eigenvalue weighted by atomic mass is 32.1. The van der Waals surface area contributed by atoms with Crippen molar-refractivity contribution in [3.05, 3.63) is 40.8 Å². The fourth-order valence-electron chi connectivity index (χ4n) is 1.50. The molecule has 0 fully saturated rings. The van der Waals surface area contributed by atoms with E-state index in [4.69, 9.17) is 5.73 Å². The molecule has 1 unspecified atom stereocenters. The van der Waals surface area contributed by atoms with Gasteiger partial charge in [-0.1, -0.05) is 0 Å². The zero-order valence-corrected chi connectivity index (χ0v) is 9.00. The van der Waals surface area contributed by atoms with Gasteiger partial charge in [-0.3, -0.25) is 0 Å². The van der Waals surface area contributed by atoms with Crippen LogP contribution in [0, 0.1) is 0 Å². The van der Waals surface area contributed by atoms with Gasteiger partial charge in [0.2, 0.25) is 0 Å². The Hall–Kier alpha value is -1.06. The predicted molar refractivity (Wildman–Crippen MR) is 61.0 cm³/mol. The maximum Gasteiger partial charge on any atom is 0.0589 e. The Kier molecular flexibility index (Phi) is 2.70. The van der Waals surface area contributed by atoms with Crippen LogP contribution in [0.4, 0.5) is 0 Å². The number of nitrogens with zero attached hydrogens (tertiary/aromatic N) is 1. The van der Waals surface area contributed by atoms with Gasteiger partial charge in [0.1, 0.15) is 0 Å². The summed E-state index contributed by atoms with van der Waals surface area (Å²) in [6.45, 7) is 2.04. The van der Waals surface area contributed by atoms with Gasteiger partial charge in [-0.25, -0.2) is 0 Å². The van der Waals surface area contributed by atoms with Gasteiger partial charge in [-0.2, -0.15) is 0 Å². The van der Waals surface area contributed by atoms with Gasteiger partial charge in [0, 0.05) is 23.3 Å². The largest absolute Gasteiger partial charge is 0.328 e. The molecule has 14 heavy (non-hydrogen) atoms. The first-order valence-electron chi connectivity index (χ1n) is 4.72. The molecular formula is C11H14N2S. The maximum absolute atomic E-state index is 5.80. The molecule has 0 aliphatic rings. The second-order valence-electron chi connectivity index (χ2n) is 3.50. The molecule has 0 aromatic carbocycles. The lowest BCUT2D eigenvalue weighted by atomic mass is 10.2. The zero-order valence-electron chi connectivity index (χ0n) is 8.18. The molecule has 0 radical (unpaired) electrons. The second-order valence-corrected chi connectivity index (χ2v) is 4.50. The smallest absolute Gasteiger partial charge is 0.0589 e. The van der Waals surface area contributed by atoms with Crippen molar-refractivity contribution in [3.63, 3.8) is 0 Å². The van der Waals surface area contributed by atoms with Gasteiger partial charge in [0.05, 0.1) is 5.69 Å². The molecule has 1 atom stereocenters. The summed E-state index contributed by atoms with van der Waals surface area (Å²) in [6.07, 6.45) is 5.07. The summed E-state index contributed by atoms with van der Waals surface area (Å²) in [6, 6.07) is 6.44. The molecule has 2 aromatic rings. The number of rotatable bonds is 3. The van der Waals surface area contributed by atoms with Gasteiger partial charge in [-0.15, -0.1) is 11.3 Å². The van der Waals surface area contributed by atoms with Crippen LogP contribution in [-0.2, 0) is 6.42 Å². The molecule has 0 aliphatic carbocycles. The Labute approximate surface area is 88.0 Å². The van der Waals surface area contributed by atoms with E-state index < -0.39 is 0 Å². The second kappa shape index (κ2) is 3.98. The molecule has 0 bridgehead atoms. The summed E-state index contributed by atoms with van der Waals surface area (Å²) in [4.78, 5) is 1.36. The van der Waals surface area contributed by atoms with E-state index in [1.54, 1.807) is 11.3 Å². The number of nitrogens with two attached hydrogens (primary N) is 1. The Balaban J connectivity index is 2.30. The first kappa shape index (κ1) is 9.49. The van der Waals surface area contributed by atoms with E-state index in [1.165, 1.54) is 10.6 Å². The van der Waals surface area contributed by atoms with Crippen LogP contribution in [-0.4, -0.2) is 10.6 Å². The third-order valence-corrected chi connectivity index (χ3v) is 3.04. The minimum absolute atomic E-state index is 0.225. The minimum Gasteiger partial charge on any atom is -0.328 e. The summed E-state index contributed by atoms with van der Waals surface area (Å²) < 4.78 is 2.13. The van der Waals surface area contributed by atoms with E-state index in [0.29, 0.717) is 0 Å². The van der Waals surface area contributed by atoms with E-state index in [1.807, 2.05) is 19.1 Å². The Morgan fingerprint density at radius 3 is 2.79 bits per heavy atom. The van der Waals surface area contributed by atoms with Crippen LogP contribution in [0.5, 0.6) is 0 Å². The van der Waals surface area contributed by atoms with Gasteiger partial charge >= 0.3 is 0 Å². The van der Waals surface area contributed by atoms with Crippen LogP contribution >= 0.6 is 11.3 Å². The summed E-state index contributed by atoms with van der Waals surface area (Å²) in [5.74, 6) is 0. The van der Waals surface area contributed by atoms with Crippen molar-refractivity contribution in [2.75, 3.05) is 0 Å². The van der Waals surface area contributed by atoms with Crippen LogP contribution < -0.4 is 5.73 Å². The minimum atomic E-state index is 0.225. The molecule has 2 nitrogen and oxygen atoms in total. The quantitative estimate of drug-likeness (QED) is 0.821. The van der Waals surface area contributed by atoms with Crippen LogP contribution in [0.1, 0.15) is 11.8 Å². The average Bonchev–Trinajstić information content (AvgIpc) is 2.70. The van der Waals surface area contributed by atoms with E-state index in [-0.39, 0.29) is 6.04 Å². The monoisotopic (exact) mass is 206 g/mol. The van der Waals surface area contributed by atoms with E-state index in [9.17, 15) is 0 Å². The predicted octanol–water partition coefficient (Wildman–Crippen LogP) is 2.43. The number of hydrogen-bond donors (Lipinski definition) is 1. The Morgan fingerprint density at radius 1 is 1.43 bits per heavy atom. The lowest BCUT2D eigenvalue weighted by Crippen LogP contribution is -2.17. The SMILES string of the molecule is CC(N)Cc1sccc1-n1cccc1. The molecule has 2 N–H and O–H groups in total. The van der Waals surface area contributed by atoms with Gasteiger partial charge in [0.15, 0.2) is 0 Å². The first-order chi connectivity index (χ1) is 6.77. The van der Waals surface area contributed by atoms with Crippen molar-refractivity contribution in [1.29, 1.82) is 0 Å². The Bertz CT molecular complexity index is 387. The van der Waals surface area contributed by atoms with Gasteiger partial charge < -0.3 is 10.3 Å². The summed E-state index contributed by atoms with van der Waals surface area (Å²) in [7, 11) is 0. The fraction of sp³-hybridized carbons (Fsp3) is 0.273. The molecule has 0 saturated carbocycles. The normalized spacial score (nSPS) is 13.0. The van der Waals surface area contributed by atoms with Crippen molar-refractivity contribution in [1.82, 2.24) is 4.57 Å². The van der Waals surface area contributed by atoms with Crippen molar-refractivity contribution >= 4 is 11.3 Å². The molecule has 2 aromatic heterocycles. The zero-order chi connectivity index (χ0) is 9.97. The Morgan fingerprint density at radius 2 is 2.14 bits per heavy atom. The van der Waals surface area contributed by atoms with Gasteiger partial charge in [0.25, 0.3) is 0 Å². The molecule has 3 heteroatoms. The van der Waals surface area contributed by atoms with Crippen LogP contribution in [0.25, 0.3) is 5.69 Å². The summed E-state index contributed by atoms with van der Waals surface area (Å²) in [5.41, 5.74) is 7.06. The number of aromatic nitrogens is 1. The maximum atomic E-state index is 5.80. The summed E-state index contributed by atoms with van der Waals surface area (Å²) in [5, 5.41) is 2.12. The number of hydrogen-bond acceptors (Lipinski definition) is 2. The highest BCUT2D eigenvalue weighted by Crippen LogP contribution is 2.22. The van der Waals surface area contributed by atoms with E-state index >= 15 is 0 Å². The third-order valence-electron chi connectivity index (χ3n) is 2.11. The molecule has 2 heterocycles. The van der Waals surface area contributed by atoms with Gasteiger partial charge in [-0.05, 0) is 36.9 Å². The van der Waals surface area contributed by atoms with Crippen molar-refractivity contribution in [2.45, 2.75) is 19.4 Å². The van der Waals surface area contributed by atoms with Crippen molar-refractivity contribution in [3.8, 4) is 5.69 Å². The third kappa shape index (κ3) is 1.89. The molecule has 0 spiro atoms. The van der Waals surface area contributed by atoms with Crippen molar-refractivity contribution in [2.24, 2.45) is 5.73 Å². The van der Waals surface area contributed by atoms with Crippen LogP contribution in [0.15, 0.2) is 36.0 Å². The fourth-order valence-corrected chi connectivity index (χ4v) is 2.52. The van der Waals surface area contributed by atoms with Crippen LogP contribution in [0.3, 0.4) is 0 Å². The molecule has 74 valence electrons. The highest BCUT2D eigenvalue weighted by Gasteiger charge is 2.07. The standard InChI is InChI=1S/C11H14N2S/c1-9(12)8-11-10(4-7-14-11)13-5-2-3-6-13/h2-7,9H,8,12H2,1H3. The molecule has 0 amide bonds. The van der Waals surface area contributed by atoms with E-state index in [0.717, 1.165) is 6.42 Å². The van der Waals surface area contributed by atoms with Crippen LogP contribution in [0.2, 0.25) is 0 Å². The first-order valence-corrected chi connectivity index (χ1v) is 5.60. The molecular weight excluding hydrogens is 192 g/mol. The van der Waals surface area contributed by atoms with E-state index in [2.05, 4.69) is 28.4 Å². The topological polar surface area (TPSA) is 30.9 Å².